The third-order valence-electron chi connectivity index (χ3n) is 9.22. The van der Waals surface area contributed by atoms with E-state index in [9.17, 15) is 15.3 Å². The molecule has 4 aliphatic rings. The summed E-state index contributed by atoms with van der Waals surface area (Å²) in [6.45, 7) is 6.70. The maximum atomic E-state index is 11.2. The van der Waals surface area contributed by atoms with Gasteiger partial charge in [-0.15, -0.1) is 0 Å². The molecule has 4 aliphatic carbocycles. The van der Waals surface area contributed by atoms with Crippen LogP contribution in [-0.4, -0.2) is 33.6 Å². The zero-order chi connectivity index (χ0) is 17.3. The van der Waals surface area contributed by atoms with Crippen molar-refractivity contribution in [2.75, 3.05) is 0 Å². The molecule has 3 nitrogen and oxygen atoms in total. The fraction of sp³-hybridized carbons (Fsp3) is 1.00. The highest BCUT2D eigenvalue weighted by atomic mass is 16.3. The summed E-state index contributed by atoms with van der Waals surface area (Å²) >= 11 is 0. The Morgan fingerprint density at radius 2 is 1.71 bits per heavy atom. The lowest BCUT2D eigenvalue weighted by Crippen LogP contribution is -2.59. The first-order valence-electron chi connectivity index (χ1n) is 10.3. The molecule has 0 aliphatic heterocycles. The SMILES string of the molecule is C[C@H](O)[C@H]1CC[C@H]2[C@@H]3CCC4CC(O)CC[C@]4(C)[C@H]3[C@@H](O)C[C@]12C. The Kier molecular flexibility index (Phi) is 4.10. The van der Waals surface area contributed by atoms with Crippen LogP contribution < -0.4 is 0 Å². The minimum Gasteiger partial charge on any atom is -0.393 e. The molecule has 138 valence electrons. The van der Waals surface area contributed by atoms with E-state index in [4.69, 9.17) is 0 Å². The van der Waals surface area contributed by atoms with Crippen molar-refractivity contribution in [1.82, 2.24) is 0 Å². The predicted octanol–water partition coefficient (Wildman–Crippen LogP) is 3.36. The molecule has 10 atom stereocenters. The van der Waals surface area contributed by atoms with Crippen LogP contribution in [-0.2, 0) is 0 Å². The molecule has 0 aromatic carbocycles. The van der Waals surface area contributed by atoms with Gasteiger partial charge in [0.1, 0.15) is 0 Å². The van der Waals surface area contributed by atoms with Crippen LogP contribution in [0.1, 0.15) is 72.1 Å². The fourth-order valence-corrected chi connectivity index (χ4v) is 8.19. The molecule has 0 spiro atoms. The molecule has 0 amide bonds. The molecule has 0 aromatic rings. The first-order chi connectivity index (χ1) is 11.3. The van der Waals surface area contributed by atoms with E-state index in [1.807, 2.05) is 6.92 Å². The van der Waals surface area contributed by atoms with Gasteiger partial charge in [-0.1, -0.05) is 13.8 Å². The molecular weight excluding hydrogens is 300 g/mol. The van der Waals surface area contributed by atoms with Crippen molar-refractivity contribution in [2.45, 2.75) is 90.4 Å². The van der Waals surface area contributed by atoms with Crippen molar-refractivity contribution in [1.29, 1.82) is 0 Å². The minimum absolute atomic E-state index is 0.103. The average Bonchev–Trinajstić information content (AvgIpc) is 2.84. The van der Waals surface area contributed by atoms with E-state index in [2.05, 4.69) is 13.8 Å². The van der Waals surface area contributed by atoms with Gasteiger partial charge in [0.05, 0.1) is 18.3 Å². The van der Waals surface area contributed by atoms with Gasteiger partial charge < -0.3 is 15.3 Å². The van der Waals surface area contributed by atoms with E-state index in [1.54, 1.807) is 0 Å². The summed E-state index contributed by atoms with van der Waals surface area (Å²) in [7, 11) is 0. The Labute approximate surface area is 146 Å². The third-order valence-corrected chi connectivity index (χ3v) is 9.22. The lowest BCUT2D eigenvalue weighted by atomic mass is 9.44. The van der Waals surface area contributed by atoms with Crippen LogP contribution in [0.4, 0.5) is 0 Å². The molecule has 3 heteroatoms. The van der Waals surface area contributed by atoms with Crippen LogP contribution in [0, 0.1) is 40.4 Å². The van der Waals surface area contributed by atoms with Crippen LogP contribution in [0.3, 0.4) is 0 Å². The van der Waals surface area contributed by atoms with Crippen molar-refractivity contribution in [3.8, 4) is 0 Å². The second kappa shape index (κ2) is 5.69. The van der Waals surface area contributed by atoms with Crippen LogP contribution >= 0.6 is 0 Å². The first-order valence-corrected chi connectivity index (χ1v) is 10.3. The van der Waals surface area contributed by atoms with Crippen LogP contribution in [0.25, 0.3) is 0 Å². The molecule has 0 aromatic heterocycles. The molecule has 24 heavy (non-hydrogen) atoms. The first kappa shape index (κ1) is 17.3. The van der Waals surface area contributed by atoms with E-state index < -0.39 is 0 Å². The second-order valence-electron chi connectivity index (χ2n) is 10.2. The normalized spacial score (nSPS) is 58.5. The fourth-order valence-electron chi connectivity index (χ4n) is 8.19. The minimum atomic E-state index is -0.263. The molecule has 4 rings (SSSR count). The Morgan fingerprint density at radius 1 is 0.958 bits per heavy atom. The molecule has 4 saturated carbocycles. The average molecular weight is 337 g/mol. The maximum Gasteiger partial charge on any atom is 0.0581 e. The van der Waals surface area contributed by atoms with Crippen molar-refractivity contribution in [3.05, 3.63) is 0 Å². The molecule has 0 radical (unpaired) electrons. The largest absolute Gasteiger partial charge is 0.393 e. The zero-order valence-electron chi connectivity index (χ0n) is 15.6. The summed E-state index contributed by atoms with van der Waals surface area (Å²) < 4.78 is 0. The summed E-state index contributed by atoms with van der Waals surface area (Å²) in [5.41, 5.74) is 0.304. The van der Waals surface area contributed by atoms with Gasteiger partial charge in [-0.3, -0.25) is 0 Å². The Bertz CT molecular complexity index is 491. The smallest absolute Gasteiger partial charge is 0.0581 e. The highest BCUT2D eigenvalue weighted by Gasteiger charge is 2.63. The van der Waals surface area contributed by atoms with Crippen molar-refractivity contribution < 1.29 is 15.3 Å². The Morgan fingerprint density at radius 3 is 2.42 bits per heavy atom. The third kappa shape index (κ3) is 2.27. The van der Waals surface area contributed by atoms with Gasteiger partial charge in [-0.05, 0) is 98.7 Å². The zero-order valence-corrected chi connectivity index (χ0v) is 15.6. The molecule has 0 heterocycles. The lowest BCUT2D eigenvalue weighted by Gasteiger charge is -2.62. The van der Waals surface area contributed by atoms with Gasteiger partial charge in [0.25, 0.3) is 0 Å². The van der Waals surface area contributed by atoms with Crippen molar-refractivity contribution in [3.63, 3.8) is 0 Å². The monoisotopic (exact) mass is 336 g/mol. The van der Waals surface area contributed by atoms with E-state index in [0.29, 0.717) is 29.6 Å². The van der Waals surface area contributed by atoms with Crippen LogP contribution in [0.15, 0.2) is 0 Å². The summed E-state index contributed by atoms with van der Waals surface area (Å²) in [6.07, 6.45) is 7.91. The van der Waals surface area contributed by atoms with Crippen molar-refractivity contribution in [2.24, 2.45) is 40.4 Å². The van der Waals surface area contributed by atoms with Crippen molar-refractivity contribution >= 4 is 0 Å². The number of fused-ring (bicyclic) bond motifs is 5. The lowest BCUT2D eigenvalue weighted by molar-refractivity contribution is -0.181. The standard InChI is InChI=1S/C21H36O3/c1-12(22)16-6-7-17-15-5-4-13-10-14(23)8-9-20(13,2)19(15)18(24)11-21(16,17)3/h12-19,22-24H,4-11H2,1-3H3/t12-,13?,14?,15-,16+,17-,18-,19+,20-,21+/m0/s1. The number of hydrogen-bond acceptors (Lipinski definition) is 3. The van der Waals surface area contributed by atoms with Gasteiger partial charge in [-0.25, -0.2) is 0 Å². The summed E-state index contributed by atoms with van der Waals surface area (Å²) in [5.74, 6) is 2.59. The maximum absolute atomic E-state index is 11.2. The Balaban J connectivity index is 1.66. The molecule has 4 fully saturated rings. The summed E-state index contributed by atoms with van der Waals surface area (Å²) in [6, 6.07) is 0. The molecule has 2 unspecified atom stereocenters. The second-order valence-corrected chi connectivity index (χ2v) is 10.2. The van der Waals surface area contributed by atoms with E-state index in [1.165, 1.54) is 19.3 Å². The topological polar surface area (TPSA) is 60.7 Å². The molecule has 0 bridgehead atoms. The van der Waals surface area contributed by atoms with Gasteiger partial charge in [0, 0.05) is 0 Å². The number of hydrogen-bond donors (Lipinski definition) is 3. The van der Waals surface area contributed by atoms with E-state index >= 15 is 0 Å². The number of aliphatic hydroxyl groups is 3. The van der Waals surface area contributed by atoms with E-state index in [0.717, 1.165) is 32.1 Å². The Hall–Kier alpha value is -0.120. The molecule has 0 saturated heterocycles. The highest BCUT2D eigenvalue weighted by Crippen LogP contribution is 2.67. The molecule has 3 N–H and O–H groups in total. The summed E-state index contributed by atoms with van der Waals surface area (Å²) in [5, 5.41) is 31.7. The van der Waals surface area contributed by atoms with Gasteiger partial charge >= 0.3 is 0 Å². The predicted molar refractivity (Wildman–Crippen MR) is 94.3 cm³/mol. The number of rotatable bonds is 1. The van der Waals surface area contributed by atoms with Crippen LogP contribution in [0.2, 0.25) is 0 Å². The molecular formula is C21H36O3. The van der Waals surface area contributed by atoms with Gasteiger partial charge in [-0.2, -0.15) is 0 Å². The van der Waals surface area contributed by atoms with Gasteiger partial charge in [0.15, 0.2) is 0 Å². The highest BCUT2D eigenvalue weighted by molar-refractivity contribution is 5.12. The van der Waals surface area contributed by atoms with Crippen LogP contribution in [0.5, 0.6) is 0 Å². The quantitative estimate of drug-likeness (QED) is 0.688. The van der Waals surface area contributed by atoms with E-state index in [-0.39, 0.29) is 29.1 Å². The van der Waals surface area contributed by atoms with Gasteiger partial charge in [0.2, 0.25) is 0 Å². The number of aliphatic hydroxyl groups excluding tert-OH is 3. The summed E-state index contributed by atoms with van der Waals surface area (Å²) in [4.78, 5) is 0.